The quantitative estimate of drug-likeness (QED) is 0.912. The van der Waals surface area contributed by atoms with Gasteiger partial charge in [0.1, 0.15) is 17.6 Å². The van der Waals surface area contributed by atoms with E-state index in [1.807, 2.05) is 30.3 Å². The van der Waals surface area contributed by atoms with E-state index in [2.05, 4.69) is 13.8 Å². The molecule has 0 radical (unpaired) electrons. The highest BCUT2D eigenvalue weighted by Gasteiger charge is 2.10. The summed E-state index contributed by atoms with van der Waals surface area (Å²) in [5.41, 5.74) is 1.46. The lowest BCUT2D eigenvalue weighted by Gasteiger charge is -2.10. The van der Waals surface area contributed by atoms with Gasteiger partial charge in [-0.15, -0.1) is 0 Å². The average Bonchev–Trinajstić information content (AvgIpc) is 2.48. The van der Waals surface area contributed by atoms with Crippen LogP contribution in [0.3, 0.4) is 0 Å². The van der Waals surface area contributed by atoms with Gasteiger partial charge in [-0.25, -0.2) is 4.79 Å². The van der Waals surface area contributed by atoms with Gasteiger partial charge in [0.15, 0.2) is 0 Å². The second-order valence-corrected chi connectivity index (χ2v) is 4.95. The van der Waals surface area contributed by atoms with E-state index in [9.17, 15) is 4.79 Å². The van der Waals surface area contributed by atoms with E-state index in [-0.39, 0.29) is 11.1 Å². The molecule has 2 aromatic rings. The van der Waals surface area contributed by atoms with Gasteiger partial charge in [0.2, 0.25) is 0 Å². The van der Waals surface area contributed by atoms with Crippen LogP contribution in [0.1, 0.15) is 41.3 Å². The first-order chi connectivity index (χ1) is 10.0. The lowest BCUT2D eigenvalue weighted by molar-refractivity contribution is 0.0697. The van der Waals surface area contributed by atoms with Gasteiger partial charge in [0.05, 0.1) is 11.1 Å². The summed E-state index contributed by atoms with van der Waals surface area (Å²) in [5.74, 6) is 0.321. The number of nitrogens with zero attached hydrogens (tertiary/aromatic N) is 1. The van der Waals surface area contributed by atoms with Gasteiger partial charge in [-0.1, -0.05) is 26.0 Å². The Bertz CT molecular complexity index is 697. The minimum absolute atomic E-state index is 0.0639. The Hall–Kier alpha value is -2.80. The van der Waals surface area contributed by atoms with Crippen LogP contribution in [0.15, 0.2) is 42.5 Å². The molecule has 0 aromatic heterocycles. The maximum atomic E-state index is 10.9. The van der Waals surface area contributed by atoms with Gasteiger partial charge in [0, 0.05) is 0 Å². The fraction of sp³-hybridized carbons (Fsp3) is 0.176. The van der Waals surface area contributed by atoms with Crippen LogP contribution in [0, 0.1) is 11.3 Å². The maximum Gasteiger partial charge on any atom is 0.335 e. The highest BCUT2D eigenvalue weighted by molar-refractivity contribution is 5.88. The molecule has 0 atom stereocenters. The molecule has 0 amide bonds. The summed E-state index contributed by atoms with van der Waals surface area (Å²) < 4.78 is 5.65. The van der Waals surface area contributed by atoms with Crippen LogP contribution in [0.2, 0.25) is 0 Å². The number of carboxylic acids is 1. The molecule has 0 fully saturated rings. The lowest BCUT2D eigenvalue weighted by atomic mass is 10.0. The third kappa shape index (κ3) is 3.40. The zero-order valence-electron chi connectivity index (χ0n) is 11.8. The summed E-state index contributed by atoms with van der Waals surface area (Å²) in [6, 6.07) is 13.8. The molecule has 21 heavy (non-hydrogen) atoms. The number of ether oxygens (including phenoxy) is 1. The summed E-state index contributed by atoms with van der Waals surface area (Å²) in [6.45, 7) is 4.21. The molecule has 4 nitrogen and oxygen atoms in total. The van der Waals surface area contributed by atoms with Crippen molar-refractivity contribution in [3.05, 3.63) is 59.2 Å². The molecular weight excluding hydrogens is 266 g/mol. The van der Waals surface area contributed by atoms with E-state index in [1.54, 1.807) is 0 Å². The van der Waals surface area contributed by atoms with Gasteiger partial charge >= 0.3 is 5.97 Å². The number of rotatable bonds is 4. The van der Waals surface area contributed by atoms with E-state index >= 15 is 0 Å². The zero-order valence-corrected chi connectivity index (χ0v) is 11.8. The Labute approximate surface area is 123 Å². The van der Waals surface area contributed by atoms with E-state index in [4.69, 9.17) is 15.1 Å². The van der Waals surface area contributed by atoms with Crippen molar-refractivity contribution in [2.45, 2.75) is 19.8 Å². The Morgan fingerprint density at radius 3 is 2.38 bits per heavy atom. The molecule has 0 saturated carbocycles. The van der Waals surface area contributed by atoms with Crippen molar-refractivity contribution in [2.24, 2.45) is 0 Å². The summed E-state index contributed by atoms with van der Waals surface area (Å²) >= 11 is 0. The Morgan fingerprint density at radius 1 is 1.19 bits per heavy atom. The van der Waals surface area contributed by atoms with Gasteiger partial charge in [-0.3, -0.25) is 0 Å². The van der Waals surface area contributed by atoms with E-state index in [1.165, 1.54) is 23.8 Å². The smallest absolute Gasteiger partial charge is 0.335 e. The molecule has 0 heterocycles. The Balaban J connectivity index is 2.27. The largest absolute Gasteiger partial charge is 0.478 e. The van der Waals surface area contributed by atoms with Crippen molar-refractivity contribution in [2.75, 3.05) is 0 Å². The summed E-state index contributed by atoms with van der Waals surface area (Å²) in [5, 5.41) is 18.0. The van der Waals surface area contributed by atoms with Crippen LogP contribution >= 0.6 is 0 Å². The topological polar surface area (TPSA) is 70.3 Å². The van der Waals surface area contributed by atoms with Crippen LogP contribution in [-0.4, -0.2) is 11.1 Å². The molecule has 4 heteroatoms. The zero-order chi connectivity index (χ0) is 15.4. The minimum Gasteiger partial charge on any atom is -0.478 e. The molecule has 0 aliphatic rings. The van der Waals surface area contributed by atoms with Crippen molar-refractivity contribution >= 4 is 5.97 Å². The van der Waals surface area contributed by atoms with Gasteiger partial charge in [0.25, 0.3) is 0 Å². The number of carboxylic acid groups (broad SMARTS) is 1. The number of hydrogen-bond donors (Lipinski definition) is 1. The number of benzene rings is 2. The summed E-state index contributed by atoms with van der Waals surface area (Å²) in [6.07, 6.45) is 0. The van der Waals surface area contributed by atoms with Crippen molar-refractivity contribution in [3.63, 3.8) is 0 Å². The minimum atomic E-state index is -1.07. The second-order valence-electron chi connectivity index (χ2n) is 4.95. The number of hydrogen-bond acceptors (Lipinski definition) is 3. The molecule has 106 valence electrons. The molecule has 0 bridgehead atoms. The standard InChI is InChI=1S/C17H15NO3/c1-11(2)12-3-6-15(7-4-12)21-16-8-5-13(17(19)20)9-14(16)10-18/h3-9,11H,1-2H3,(H,19,20). The van der Waals surface area contributed by atoms with Crippen molar-refractivity contribution in [1.29, 1.82) is 5.26 Å². The Kier molecular flexibility index (Phi) is 4.24. The fourth-order valence-electron chi connectivity index (χ4n) is 1.89. The lowest BCUT2D eigenvalue weighted by Crippen LogP contribution is -1.98. The van der Waals surface area contributed by atoms with Crippen molar-refractivity contribution < 1.29 is 14.6 Å². The van der Waals surface area contributed by atoms with Crippen LogP contribution in [0.25, 0.3) is 0 Å². The van der Waals surface area contributed by atoms with Crippen LogP contribution < -0.4 is 4.74 Å². The first-order valence-corrected chi connectivity index (χ1v) is 6.56. The Morgan fingerprint density at radius 2 is 1.86 bits per heavy atom. The molecule has 0 aliphatic heterocycles. The summed E-state index contributed by atoms with van der Waals surface area (Å²) in [7, 11) is 0. The van der Waals surface area contributed by atoms with Gasteiger partial charge in [-0.05, 0) is 41.8 Å². The maximum absolute atomic E-state index is 10.9. The third-order valence-electron chi connectivity index (χ3n) is 3.12. The molecule has 2 aromatic carbocycles. The first-order valence-electron chi connectivity index (χ1n) is 6.56. The van der Waals surface area contributed by atoms with Gasteiger partial charge < -0.3 is 9.84 Å². The van der Waals surface area contributed by atoms with Crippen LogP contribution in [0.5, 0.6) is 11.5 Å². The third-order valence-corrected chi connectivity index (χ3v) is 3.12. The average molecular weight is 281 g/mol. The van der Waals surface area contributed by atoms with Crippen LogP contribution in [-0.2, 0) is 0 Å². The van der Waals surface area contributed by atoms with E-state index in [0.717, 1.165) is 0 Å². The molecule has 0 aliphatic carbocycles. The number of carbonyl (C=O) groups is 1. The molecule has 0 saturated heterocycles. The molecular formula is C17H15NO3. The highest BCUT2D eigenvalue weighted by Crippen LogP contribution is 2.27. The van der Waals surface area contributed by atoms with E-state index < -0.39 is 5.97 Å². The van der Waals surface area contributed by atoms with Gasteiger partial charge in [-0.2, -0.15) is 5.26 Å². The second kappa shape index (κ2) is 6.10. The van der Waals surface area contributed by atoms with Crippen LogP contribution in [0.4, 0.5) is 0 Å². The highest BCUT2D eigenvalue weighted by atomic mass is 16.5. The van der Waals surface area contributed by atoms with Crippen molar-refractivity contribution in [1.82, 2.24) is 0 Å². The fourth-order valence-corrected chi connectivity index (χ4v) is 1.89. The molecule has 2 rings (SSSR count). The normalized spacial score (nSPS) is 10.2. The monoisotopic (exact) mass is 281 g/mol. The molecule has 0 unspecified atom stereocenters. The SMILES string of the molecule is CC(C)c1ccc(Oc2ccc(C(=O)O)cc2C#N)cc1. The molecule has 0 spiro atoms. The number of aromatic carboxylic acids is 1. The van der Waals surface area contributed by atoms with Crippen molar-refractivity contribution in [3.8, 4) is 17.6 Å². The van der Waals surface area contributed by atoms with E-state index in [0.29, 0.717) is 17.4 Å². The molecule has 1 N–H and O–H groups in total. The first kappa shape index (κ1) is 14.6. The summed E-state index contributed by atoms with van der Waals surface area (Å²) in [4.78, 5) is 10.9. The predicted octanol–water partition coefficient (Wildman–Crippen LogP) is 4.17. The number of nitriles is 1. The predicted molar refractivity (Wildman–Crippen MR) is 78.7 cm³/mol.